The molecule has 6 heteroatoms. The van der Waals surface area contributed by atoms with Gasteiger partial charge in [0.05, 0.1) is 18.3 Å². The van der Waals surface area contributed by atoms with Gasteiger partial charge in [0, 0.05) is 43.7 Å². The van der Waals surface area contributed by atoms with Gasteiger partial charge < -0.3 is 14.6 Å². The van der Waals surface area contributed by atoms with Crippen molar-refractivity contribution in [2.75, 3.05) is 33.2 Å². The second-order valence-electron chi connectivity index (χ2n) is 7.38. The molecule has 1 unspecified atom stereocenters. The third-order valence-corrected chi connectivity index (χ3v) is 5.40. The minimum Gasteiger partial charge on any atom is -0.337 e. The Bertz CT molecular complexity index is 780. The van der Waals surface area contributed by atoms with Gasteiger partial charge in [-0.3, -0.25) is 9.48 Å². The molecule has 2 saturated heterocycles. The number of carbonyl (C=O) groups excluding carboxylic acids is 2. The van der Waals surface area contributed by atoms with E-state index in [1.807, 2.05) is 42.3 Å². The van der Waals surface area contributed by atoms with E-state index in [1.54, 1.807) is 17.1 Å². The highest BCUT2D eigenvalue weighted by Crippen LogP contribution is 2.42. The predicted octanol–water partition coefficient (Wildman–Crippen LogP) is 1.13. The Morgan fingerprint density at radius 2 is 2.04 bits per heavy atom. The van der Waals surface area contributed by atoms with E-state index >= 15 is 0 Å². The predicted molar refractivity (Wildman–Crippen MR) is 93.2 cm³/mol. The van der Waals surface area contributed by atoms with Crippen LogP contribution >= 0.6 is 0 Å². The standard InChI is InChI=1S/C19H22N4O2/c1-21-12-19(13-21)14-22(10-17(19)11-24)18(25)16-7-20-23(9-16)8-15-5-3-2-4-6-15/h2-7,9,11,17H,8,10,12-14H2,1H3. The molecule has 2 fully saturated rings. The molecule has 6 nitrogen and oxygen atoms in total. The minimum absolute atomic E-state index is 0.0300. The Morgan fingerprint density at radius 3 is 2.72 bits per heavy atom. The fourth-order valence-corrected chi connectivity index (χ4v) is 4.21. The summed E-state index contributed by atoms with van der Waals surface area (Å²) in [5.41, 5.74) is 1.68. The molecule has 1 amide bonds. The number of benzene rings is 1. The molecule has 1 aromatic carbocycles. The molecule has 0 saturated carbocycles. The highest BCUT2D eigenvalue weighted by molar-refractivity contribution is 5.94. The van der Waals surface area contributed by atoms with Gasteiger partial charge in [-0.05, 0) is 12.6 Å². The van der Waals surface area contributed by atoms with E-state index in [0.29, 0.717) is 25.2 Å². The van der Waals surface area contributed by atoms with Crippen LogP contribution in [0.3, 0.4) is 0 Å². The number of carbonyl (C=O) groups is 2. The van der Waals surface area contributed by atoms with Crippen LogP contribution in [0.2, 0.25) is 0 Å². The van der Waals surface area contributed by atoms with E-state index in [-0.39, 0.29) is 17.2 Å². The van der Waals surface area contributed by atoms with Crippen LogP contribution in [0.1, 0.15) is 15.9 Å². The van der Waals surface area contributed by atoms with Crippen LogP contribution in [-0.2, 0) is 11.3 Å². The summed E-state index contributed by atoms with van der Waals surface area (Å²) in [6.07, 6.45) is 4.45. The first kappa shape index (κ1) is 16.0. The molecule has 1 atom stereocenters. The SMILES string of the molecule is CN1CC2(C1)CN(C(=O)c1cnn(Cc3ccccc3)c1)CC2C=O. The second-order valence-corrected chi connectivity index (χ2v) is 7.38. The van der Waals surface area contributed by atoms with Crippen molar-refractivity contribution in [3.63, 3.8) is 0 Å². The fourth-order valence-electron chi connectivity index (χ4n) is 4.21. The van der Waals surface area contributed by atoms with Gasteiger partial charge in [-0.15, -0.1) is 0 Å². The third kappa shape index (κ3) is 2.87. The lowest BCUT2D eigenvalue weighted by Gasteiger charge is -2.48. The van der Waals surface area contributed by atoms with Crippen molar-refractivity contribution in [2.24, 2.45) is 11.3 Å². The number of amides is 1. The summed E-state index contributed by atoms with van der Waals surface area (Å²) in [5.74, 6) is -0.0930. The molecule has 0 N–H and O–H groups in total. The van der Waals surface area contributed by atoms with Gasteiger partial charge in [-0.1, -0.05) is 30.3 Å². The van der Waals surface area contributed by atoms with Crippen molar-refractivity contribution in [2.45, 2.75) is 6.54 Å². The van der Waals surface area contributed by atoms with Gasteiger partial charge in [0.15, 0.2) is 0 Å². The number of aromatic nitrogens is 2. The minimum atomic E-state index is -0.0630. The van der Waals surface area contributed by atoms with Gasteiger partial charge in [0.1, 0.15) is 6.29 Å². The fraction of sp³-hybridized carbons (Fsp3) is 0.421. The Hall–Kier alpha value is -2.47. The molecule has 2 aliphatic rings. The summed E-state index contributed by atoms with van der Waals surface area (Å²) in [7, 11) is 2.05. The van der Waals surface area contributed by atoms with Gasteiger partial charge in [0.2, 0.25) is 0 Å². The number of hydrogen-bond donors (Lipinski definition) is 0. The van der Waals surface area contributed by atoms with E-state index in [1.165, 1.54) is 0 Å². The average molecular weight is 338 g/mol. The largest absolute Gasteiger partial charge is 0.337 e. The number of rotatable bonds is 4. The van der Waals surface area contributed by atoms with Gasteiger partial charge in [0.25, 0.3) is 5.91 Å². The van der Waals surface area contributed by atoms with Gasteiger partial charge in [-0.25, -0.2) is 0 Å². The van der Waals surface area contributed by atoms with E-state index in [0.717, 1.165) is 24.9 Å². The first-order valence-electron chi connectivity index (χ1n) is 8.59. The van der Waals surface area contributed by atoms with E-state index in [2.05, 4.69) is 10.00 Å². The topological polar surface area (TPSA) is 58.4 Å². The maximum absolute atomic E-state index is 12.8. The van der Waals surface area contributed by atoms with Crippen LogP contribution in [0.4, 0.5) is 0 Å². The molecular weight excluding hydrogens is 316 g/mol. The van der Waals surface area contributed by atoms with Gasteiger partial charge in [-0.2, -0.15) is 5.10 Å². The normalized spacial score (nSPS) is 22.1. The molecule has 3 heterocycles. The molecular formula is C19H22N4O2. The number of aldehydes is 1. The zero-order chi connectivity index (χ0) is 17.4. The maximum Gasteiger partial charge on any atom is 0.257 e. The third-order valence-electron chi connectivity index (χ3n) is 5.40. The smallest absolute Gasteiger partial charge is 0.257 e. The first-order valence-corrected chi connectivity index (χ1v) is 8.59. The summed E-state index contributed by atoms with van der Waals surface area (Å²) in [4.78, 5) is 28.3. The lowest BCUT2D eigenvalue weighted by atomic mass is 9.72. The van der Waals surface area contributed by atoms with Crippen molar-refractivity contribution in [3.8, 4) is 0 Å². The molecule has 0 radical (unpaired) electrons. The molecule has 2 aliphatic heterocycles. The van der Waals surface area contributed by atoms with Crippen molar-refractivity contribution in [3.05, 3.63) is 53.9 Å². The van der Waals surface area contributed by atoms with Crippen LogP contribution in [0.25, 0.3) is 0 Å². The number of likely N-dealkylation sites (tertiary alicyclic amines) is 2. The van der Waals surface area contributed by atoms with Crippen LogP contribution in [0.15, 0.2) is 42.7 Å². The number of nitrogens with zero attached hydrogens (tertiary/aromatic N) is 4. The summed E-state index contributed by atoms with van der Waals surface area (Å²) < 4.78 is 1.78. The lowest BCUT2D eigenvalue weighted by molar-refractivity contribution is -0.117. The van der Waals surface area contributed by atoms with Crippen LogP contribution in [0, 0.1) is 11.3 Å². The Kier molecular flexibility index (Phi) is 3.92. The quantitative estimate of drug-likeness (QED) is 0.785. The summed E-state index contributed by atoms with van der Waals surface area (Å²) >= 11 is 0. The zero-order valence-electron chi connectivity index (χ0n) is 14.3. The van der Waals surface area contributed by atoms with E-state index in [4.69, 9.17) is 0 Å². The highest BCUT2D eigenvalue weighted by Gasteiger charge is 2.54. The summed E-state index contributed by atoms with van der Waals surface area (Å²) in [5, 5.41) is 4.32. The first-order chi connectivity index (χ1) is 12.1. The molecule has 25 heavy (non-hydrogen) atoms. The van der Waals surface area contributed by atoms with E-state index in [9.17, 15) is 9.59 Å². The van der Waals surface area contributed by atoms with E-state index < -0.39 is 0 Å². The molecule has 0 aliphatic carbocycles. The van der Waals surface area contributed by atoms with Crippen molar-refractivity contribution >= 4 is 12.2 Å². The summed E-state index contributed by atoms with van der Waals surface area (Å²) in [6, 6.07) is 10.0. The molecule has 130 valence electrons. The molecule has 1 aromatic heterocycles. The van der Waals surface area contributed by atoms with Crippen molar-refractivity contribution in [1.82, 2.24) is 19.6 Å². The summed E-state index contributed by atoms with van der Waals surface area (Å²) in [6.45, 7) is 3.57. The average Bonchev–Trinajstić information content (AvgIpc) is 3.20. The Morgan fingerprint density at radius 1 is 1.28 bits per heavy atom. The van der Waals surface area contributed by atoms with Crippen molar-refractivity contribution in [1.29, 1.82) is 0 Å². The zero-order valence-corrected chi connectivity index (χ0v) is 14.3. The highest BCUT2D eigenvalue weighted by atomic mass is 16.2. The molecule has 0 bridgehead atoms. The van der Waals surface area contributed by atoms with Crippen LogP contribution in [0.5, 0.6) is 0 Å². The van der Waals surface area contributed by atoms with Crippen LogP contribution in [-0.4, -0.2) is 65.0 Å². The van der Waals surface area contributed by atoms with Gasteiger partial charge >= 0.3 is 0 Å². The Labute approximate surface area is 147 Å². The second kappa shape index (κ2) is 6.11. The number of hydrogen-bond acceptors (Lipinski definition) is 4. The van der Waals surface area contributed by atoms with Crippen molar-refractivity contribution < 1.29 is 9.59 Å². The molecule has 1 spiro atoms. The molecule has 2 aromatic rings. The lowest BCUT2D eigenvalue weighted by Crippen LogP contribution is -2.59. The van der Waals surface area contributed by atoms with Crippen LogP contribution < -0.4 is 0 Å². The maximum atomic E-state index is 12.8. The monoisotopic (exact) mass is 338 g/mol. The molecule has 4 rings (SSSR count). The Balaban J connectivity index is 1.46.